The van der Waals surface area contributed by atoms with Crippen molar-refractivity contribution in [3.63, 3.8) is 0 Å². The van der Waals surface area contributed by atoms with E-state index in [4.69, 9.17) is 14.2 Å². The van der Waals surface area contributed by atoms with Crippen LogP contribution in [0.15, 0.2) is 48.5 Å². The molecule has 7 atom stereocenters. The van der Waals surface area contributed by atoms with Gasteiger partial charge >= 0.3 is 0 Å². The van der Waals surface area contributed by atoms with Gasteiger partial charge in [0, 0.05) is 11.5 Å². The van der Waals surface area contributed by atoms with Gasteiger partial charge in [0.25, 0.3) is 0 Å². The van der Waals surface area contributed by atoms with Crippen molar-refractivity contribution in [3.05, 3.63) is 70.8 Å². The van der Waals surface area contributed by atoms with E-state index >= 15 is 0 Å². The Bertz CT molecular complexity index is 896. The van der Waals surface area contributed by atoms with Crippen LogP contribution in [0.3, 0.4) is 0 Å². The molecule has 0 aliphatic carbocycles. The van der Waals surface area contributed by atoms with Gasteiger partial charge in [-0.2, -0.15) is 0 Å². The summed E-state index contributed by atoms with van der Waals surface area (Å²) in [7, 11) is 0. The fourth-order valence-corrected chi connectivity index (χ4v) is 5.55. The third kappa shape index (κ3) is 6.15. The molecule has 0 amide bonds. The average molecular weight is 483 g/mol. The molecule has 5 heteroatoms. The number of aliphatic hydroxyl groups excluding tert-OH is 2. The fourth-order valence-electron chi connectivity index (χ4n) is 5.55. The van der Waals surface area contributed by atoms with Crippen LogP contribution < -0.4 is 0 Å². The summed E-state index contributed by atoms with van der Waals surface area (Å²) in [6.07, 6.45) is 4.39. The molecule has 2 aliphatic heterocycles. The lowest BCUT2D eigenvalue weighted by Crippen LogP contribution is -2.57. The molecule has 0 saturated carbocycles. The van der Waals surface area contributed by atoms with Gasteiger partial charge in [-0.05, 0) is 42.4 Å². The number of aliphatic hydroxyl groups is 2. The summed E-state index contributed by atoms with van der Waals surface area (Å²) in [6.45, 7) is 6.21. The predicted octanol–water partition coefficient (Wildman–Crippen LogP) is 5.67. The molecule has 3 unspecified atom stereocenters. The number of fused-ring (bicyclic) bond motifs is 1. The molecule has 0 spiro atoms. The van der Waals surface area contributed by atoms with Gasteiger partial charge < -0.3 is 24.4 Å². The molecule has 4 rings (SSSR count). The molecule has 2 aliphatic rings. The summed E-state index contributed by atoms with van der Waals surface area (Å²) < 4.78 is 19.7. The number of hydrogen-bond acceptors (Lipinski definition) is 5. The Labute approximate surface area is 210 Å². The lowest BCUT2D eigenvalue weighted by Gasteiger charge is -2.50. The van der Waals surface area contributed by atoms with Crippen molar-refractivity contribution in [2.75, 3.05) is 6.61 Å². The summed E-state index contributed by atoms with van der Waals surface area (Å²) in [5.41, 5.74) is 4.70. The van der Waals surface area contributed by atoms with Crippen LogP contribution in [0, 0.1) is 5.92 Å². The van der Waals surface area contributed by atoms with Crippen molar-refractivity contribution < 1.29 is 24.4 Å². The summed E-state index contributed by atoms with van der Waals surface area (Å²) in [5.74, 6) is -0.246. The van der Waals surface area contributed by atoms with E-state index in [1.807, 2.05) is 0 Å². The van der Waals surface area contributed by atoms with Crippen LogP contribution in [0.4, 0.5) is 0 Å². The van der Waals surface area contributed by atoms with Gasteiger partial charge in [-0.15, -0.1) is 0 Å². The number of rotatable bonds is 10. The van der Waals surface area contributed by atoms with Crippen molar-refractivity contribution in [1.82, 2.24) is 0 Å². The molecule has 2 N–H and O–H groups in total. The van der Waals surface area contributed by atoms with Gasteiger partial charge in [-0.3, -0.25) is 0 Å². The standard InChI is InChI=1S/C30H42O5/c1-4-7-20-10-14-22(15-11-20)27-18-24(25(32)19-31)28-29(33-27)26(9-6-3)34-30(35-28)23-16-12-21(8-5-2)13-17-23/h10-17,24-32H,4-9,18-19H2,1-3H3/t24-,25-,26?,27?,28+,29+,30?/m0/s1. The molecule has 2 saturated heterocycles. The highest BCUT2D eigenvalue weighted by Gasteiger charge is 2.50. The summed E-state index contributed by atoms with van der Waals surface area (Å²) in [6, 6.07) is 17.1. The predicted molar refractivity (Wildman–Crippen MR) is 137 cm³/mol. The summed E-state index contributed by atoms with van der Waals surface area (Å²) >= 11 is 0. The van der Waals surface area contributed by atoms with E-state index in [1.165, 1.54) is 11.1 Å². The van der Waals surface area contributed by atoms with E-state index in [2.05, 4.69) is 69.3 Å². The van der Waals surface area contributed by atoms with Crippen LogP contribution in [-0.2, 0) is 27.1 Å². The first-order valence-corrected chi connectivity index (χ1v) is 13.5. The van der Waals surface area contributed by atoms with E-state index in [0.29, 0.717) is 6.42 Å². The van der Waals surface area contributed by atoms with Gasteiger partial charge in [-0.25, -0.2) is 0 Å². The SMILES string of the molecule is CCCc1ccc(C2C[C@@H]([C@@H](O)CO)[C@H]3OC(c4ccc(CCC)cc4)OC(CCC)[C@H]3O2)cc1. The Hall–Kier alpha value is -1.76. The average Bonchev–Trinajstić information content (AvgIpc) is 2.89. The zero-order valence-corrected chi connectivity index (χ0v) is 21.4. The Balaban J connectivity index is 1.59. The maximum Gasteiger partial charge on any atom is 0.184 e. The molecule has 2 aromatic carbocycles. The molecule has 2 heterocycles. The van der Waals surface area contributed by atoms with Crippen molar-refractivity contribution >= 4 is 0 Å². The molecule has 0 radical (unpaired) electrons. The van der Waals surface area contributed by atoms with Crippen molar-refractivity contribution in [1.29, 1.82) is 0 Å². The smallest absolute Gasteiger partial charge is 0.184 e. The quantitative estimate of drug-likeness (QED) is 0.456. The molecule has 2 fully saturated rings. The third-order valence-electron chi connectivity index (χ3n) is 7.43. The number of benzene rings is 2. The van der Waals surface area contributed by atoms with Crippen molar-refractivity contribution in [2.24, 2.45) is 5.92 Å². The summed E-state index contributed by atoms with van der Waals surface area (Å²) in [5, 5.41) is 20.7. The minimum Gasteiger partial charge on any atom is -0.394 e. The largest absolute Gasteiger partial charge is 0.394 e. The van der Waals surface area contributed by atoms with Crippen LogP contribution in [0.2, 0.25) is 0 Å². The van der Waals surface area contributed by atoms with Crippen LogP contribution >= 0.6 is 0 Å². The van der Waals surface area contributed by atoms with Crippen LogP contribution in [-0.4, -0.2) is 41.2 Å². The van der Waals surface area contributed by atoms with Gasteiger partial charge in [0.15, 0.2) is 6.29 Å². The van der Waals surface area contributed by atoms with Crippen LogP contribution in [0.5, 0.6) is 0 Å². The molecule has 192 valence electrons. The highest BCUT2D eigenvalue weighted by Crippen LogP contribution is 2.45. The molecule has 0 bridgehead atoms. The minimum absolute atomic E-state index is 0.144. The Morgan fingerprint density at radius 3 is 1.91 bits per heavy atom. The Morgan fingerprint density at radius 1 is 0.771 bits per heavy atom. The third-order valence-corrected chi connectivity index (χ3v) is 7.43. The zero-order chi connectivity index (χ0) is 24.8. The number of aryl methyl sites for hydroxylation is 2. The lowest BCUT2D eigenvalue weighted by atomic mass is 9.80. The Kier molecular flexibility index (Phi) is 9.37. The van der Waals surface area contributed by atoms with Gasteiger partial charge in [0.05, 0.1) is 31.0 Å². The van der Waals surface area contributed by atoms with Gasteiger partial charge in [0.2, 0.25) is 0 Å². The lowest BCUT2D eigenvalue weighted by molar-refractivity contribution is -0.337. The minimum atomic E-state index is -0.874. The molecule has 5 nitrogen and oxygen atoms in total. The van der Waals surface area contributed by atoms with Crippen molar-refractivity contribution in [2.45, 2.75) is 103 Å². The number of hydrogen-bond donors (Lipinski definition) is 2. The molecule has 0 aromatic heterocycles. The molecular formula is C30H42O5. The second-order valence-corrected chi connectivity index (χ2v) is 10.1. The molecular weight excluding hydrogens is 440 g/mol. The van der Waals surface area contributed by atoms with E-state index in [0.717, 1.165) is 49.7 Å². The number of ether oxygens (including phenoxy) is 3. The van der Waals surface area contributed by atoms with Gasteiger partial charge in [0.1, 0.15) is 6.10 Å². The van der Waals surface area contributed by atoms with E-state index < -0.39 is 12.4 Å². The second kappa shape index (κ2) is 12.5. The second-order valence-electron chi connectivity index (χ2n) is 10.1. The molecule has 35 heavy (non-hydrogen) atoms. The van der Waals surface area contributed by atoms with E-state index in [1.54, 1.807) is 0 Å². The highest BCUT2D eigenvalue weighted by atomic mass is 16.7. The fraction of sp³-hybridized carbons (Fsp3) is 0.600. The van der Waals surface area contributed by atoms with Gasteiger partial charge in [-0.1, -0.05) is 88.6 Å². The molecule has 2 aromatic rings. The first-order chi connectivity index (χ1) is 17.1. The monoisotopic (exact) mass is 482 g/mol. The summed E-state index contributed by atoms with van der Waals surface area (Å²) in [4.78, 5) is 0. The topological polar surface area (TPSA) is 68.2 Å². The van der Waals surface area contributed by atoms with Crippen LogP contribution in [0.1, 0.15) is 87.5 Å². The normalized spacial score (nSPS) is 29.5. The maximum absolute atomic E-state index is 10.8. The Morgan fingerprint density at radius 2 is 1.37 bits per heavy atom. The van der Waals surface area contributed by atoms with Crippen LogP contribution in [0.25, 0.3) is 0 Å². The van der Waals surface area contributed by atoms with E-state index in [9.17, 15) is 10.2 Å². The first-order valence-electron chi connectivity index (χ1n) is 13.5. The maximum atomic E-state index is 10.8. The highest BCUT2D eigenvalue weighted by molar-refractivity contribution is 5.26. The van der Waals surface area contributed by atoms with Crippen molar-refractivity contribution in [3.8, 4) is 0 Å². The first kappa shape index (κ1) is 26.3. The zero-order valence-electron chi connectivity index (χ0n) is 21.4. The van der Waals surface area contributed by atoms with E-state index in [-0.39, 0.29) is 36.9 Å².